The minimum atomic E-state index is -0.813. The van der Waals surface area contributed by atoms with Gasteiger partial charge in [-0.2, -0.15) is 0 Å². The maximum Gasteiger partial charge on any atom is 0.261 e. The molecule has 7 nitrogen and oxygen atoms in total. The molecule has 0 aromatic heterocycles. The van der Waals surface area contributed by atoms with E-state index in [-0.39, 0.29) is 55.6 Å². The van der Waals surface area contributed by atoms with Crippen molar-refractivity contribution in [2.45, 2.75) is 51.7 Å². The molecule has 0 unspecified atom stereocenters. The molecule has 3 aromatic carbocycles. The van der Waals surface area contributed by atoms with Gasteiger partial charge in [-0.05, 0) is 55.7 Å². The number of nitrogens with one attached hydrogen (secondary N) is 1. The Hall–Kier alpha value is -4.33. The van der Waals surface area contributed by atoms with E-state index in [9.17, 15) is 23.6 Å². The summed E-state index contributed by atoms with van der Waals surface area (Å²) in [6.45, 7) is 3.90. The molecule has 8 heteroatoms. The van der Waals surface area contributed by atoms with Gasteiger partial charge >= 0.3 is 0 Å². The summed E-state index contributed by atoms with van der Waals surface area (Å²) in [6, 6.07) is 21.0. The number of halogens is 1. The molecule has 1 N–H and O–H groups in total. The van der Waals surface area contributed by atoms with Crippen LogP contribution in [0.4, 0.5) is 4.39 Å². The van der Waals surface area contributed by atoms with Gasteiger partial charge in [0, 0.05) is 32.0 Å². The van der Waals surface area contributed by atoms with Crippen molar-refractivity contribution in [2.24, 2.45) is 0 Å². The first kappa shape index (κ1) is 27.7. The Morgan fingerprint density at radius 3 is 2.03 bits per heavy atom. The number of carbonyl (C=O) groups is 4. The van der Waals surface area contributed by atoms with Crippen molar-refractivity contribution in [1.29, 1.82) is 0 Å². The van der Waals surface area contributed by atoms with Crippen LogP contribution in [0.5, 0.6) is 0 Å². The Labute approximate surface area is 227 Å². The number of imide groups is 1. The standard InChI is InChI=1S/C31H32FN3O4/c1-21(2)33-29(37)27(19-22-9-4-3-5-10-22)35(20-23-14-16-24(32)17-15-23)28(36)13-8-18-34-30(38)25-11-6-7-12-26(25)31(34)39/h3-7,9-12,14-17,21,27H,8,13,18-20H2,1-2H3,(H,33,37)/t27-/m1/s1. The van der Waals surface area contributed by atoms with Crippen molar-refractivity contribution in [3.63, 3.8) is 0 Å². The number of nitrogens with zero attached hydrogens (tertiary/aromatic N) is 2. The van der Waals surface area contributed by atoms with Crippen molar-refractivity contribution in [3.8, 4) is 0 Å². The van der Waals surface area contributed by atoms with Crippen molar-refractivity contribution in [2.75, 3.05) is 6.54 Å². The fourth-order valence-electron chi connectivity index (χ4n) is 4.70. The van der Waals surface area contributed by atoms with Crippen molar-refractivity contribution in [1.82, 2.24) is 15.1 Å². The van der Waals surface area contributed by atoms with Crippen LogP contribution in [-0.2, 0) is 22.6 Å². The van der Waals surface area contributed by atoms with Gasteiger partial charge < -0.3 is 10.2 Å². The smallest absolute Gasteiger partial charge is 0.261 e. The lowest BCUT2D eigenvalue weighted by molar-refractivity contribution is -0.141. The molecule has 0 aliphatic carbocycles. The molecule has 0 radical (unpaired) electrons. The number of carbonyl (C=O) groups excluding carboxylic acids is 4. The van der Waals surface area contributed by atoms with Gasteiger partial charge in [0.25, 0.3) is 11.8 Å². The maximum atomic E-state index is 13.7. The number of benzene rings is 3. The van der Waals surface area contributed by atoms with Crippen LogP contribution in [0.2, 0.25) is 0 Å². The topological polar surface area (TPSA) is 86.8 Å². The summed E-state index contributed by atoms with van der Waals surface area (Å²) in [5.41, 5.74) is 2.30. The first-order valence-corrected chi connectivity index (χ1v) is 13.1. The second-order valence-electron chi connectivity index (χ2n) is 9.93. The van der Waals surface area contributed by atoms with Crippen molar-refractivity contribution in [3.05, 3.63) is 107 Å². The normalized spacial score (nSPS) is 13.4. The Kier molecular flexibility index (Phi) is 8.86. The van der Waals surface area contributed by atoms with Gasteiger partial charge in [0.2, 0.25) is 11.8 Å². The van der Waals surface area contributed by atoms with Gasteiger partial charge in [-0.15, -0.1) is 0 Å². The van der Waals surface area contributed by atoms with Gasteiger partial charge in [0.1, 0.15) is 11.9 Å². The predicted octanol–water partition coefficient (Wildman–Crippen LogP) is 4.37. The minimum Gasteiger partial charge on any atom is -0.352 e. The highest BCUT2D eigenvalue weighted by molar-refractivity contribution is 6.21. The monoisotopic (exact) mass is 529 g/mol. The first-order chi connectivity index (χ1) is 18.7. The summed E-state index contributed by atoms with van der Waals surface area (Å²) in [5.74, 6) is -1.72. The molecular weight excluding hydrogens is 497 g/mol. The van der Waals surface area contributed by atoms with Gasteiger partial charge in [0.15, 0.2) is 0 Å². The lowest BCUT2D eigenvalue weighted by Gasteiger charge is -2.32. The highest BCUT2D eigenvalue weighted by atomic mass is 19.1. The zero-order valence-corrected chi connectivity index (χ0v) is 22.1. The van der Waals surface area contributed by atoms with E-state index >= 15 is 0 Å². The van der Waals surface area contributed by atoms with Crippen LogP contribution in [0.25, 0.3) is 0 Å². The second-order valence-corrected chi connectivity index (χ2v) is 9.93. The average Bonchev–Trinajstić information content (AvgIpc) is 3.16. The Morgan fingerprint density at radius 1 is 0.846 bits per heavy atom. The highest BCUT2D eigenvalue weighted by Crippen LogP contribution is 2.23. The molecule has 4 rings (SSSR count). The van der Waals surface area contributed by atoms with Crippen LogP contribution in [0.1, 0.15) is 58.5 Å². The lowest BCUT2D eigenvalue weighted by Crippen LogP contribution is -2.51. The zero-order valence-electron chi connectivity index (χ0n) is 22.1. The number of hydrogen-bond donors (Lipinski definition) is 1. The largest absolute Gasteiger partial charge is 0.352 e. The summed E-state index contributed by atoms with van der Waals surface area (Å²) in [7, 11) is 0. The summed E-state index contributed by atoms with van der Waals surface area (Å²) in [6.07, 6.45) is 0.563. The molecule has 0 saturated heterocycles. The molecular formula is C31H32FN3O4. The van der Waals surface area contributed by atoms with Crippen LogP contribution in [0, 0.1) is 5.82 Å². The first-order valence-electron chi connectivity index (χ1n) is 13.1. The Balaban J connectivity index is 1.54. The van der Waals surface area contributed by atoms with E-state index in [1.807, 2.05) is 44.2 Å². The van der Waals surface area contributed by atoms with E-state index in [1.54, 1.807) is 36.4 Å². The molecule has 3 aromatic rings. The van der Waals surface area contributed by atoms with Gasteiger partial charge in [-0.3, -0.25) is 24.1 Å². The van der Waals surface area contributed by atoms with E-state index in [1.165, 1.54) is 17.0 Å². The number of hydrogen-bond acceptors (Lipinski definition) is 4. The van der Waals surface area contributed by atoms with E-state index < -0.39 is 11.9 Å². The minimum absolute atomic E-state index is 0.0227. The molecule has 0 spiro atoms. The Morgan fingerprint density at radius 2 is 1.44 bits per heavy atom. The molecule has 0 bridgehead atoms. The number of fused-ring (bicyclic) bond motifs is 1. The summed E-state index contributed by atoms with van der Waals surface area (Å²) in [5, 5.41) is 2.93. The van der Waals surface area contributed by atoms with Crippen LogP contribution in [0.3, 0.4) is 0 Å². The zero-order chi connectivity index (χ0) is 27.9. The van der Waals surface area contributed by atoms with E-state index in [0.29, 0.717) is 23.1 Å². The third-order valence-electron chi connectivity index (χ3n) is 6.62. The number of rotatable bonds is 11. The molecule has 0 fully saturated rings. The van der Waals surface area contributed by atoms with Crippen LogP contribution in [0.15, 0.2) is 78.9 Å². The molecule has 1 heterocycles. The maximum absolute atomic E-state index is 13.7. The lowest BCUT2D eigenvalue weighted by atomic mass is 10.0. The van der Waals surface area contributed by atoms with E-state index in [0.717, 1.165) is 10.5 Å². The second kappa shape index (κ2) is 12.5. The molecule has 0 saturated carbocycles. The fourth-order valence-corrected chi connectivity index (χ4v) is 4.70. The summed E-state index contributed by atoms with van der Waals surface area (Å²) in [4.78, 5) is 55.2. The van der Waals surface area contributed by atoms with Crippen molar-refractivity contribution >= 4 is 23.6 Å². The molecule has 1 atom stereocenters. The van der Waals surface area contributed by atoms with E-state index in [4.69, 9.17) is 0 Å². The van der Waals surface area contributed by atoms with Gasteiger partial charge in [0.05, 0.1) is 11.1 Å². The SMILES string of the molecule is CC(C)NC(=O)[C@@H](Cc1ccccc1)N(Cc1ccc(F)cc1)C(=O)CCCN1C(=O)c2ccccc2C1=O. The van der Waals surface area contributed by atoms with Crippen molar-refractivity contribution < 1.29 is 23.6 Å². The predicted molar refractivity (Wildman–Crippen MR) is 145 cm³/mol. The summed E-state index contributed by atoms with van der Waals surface area (Å²) >= 11 is 0. The third-order valence-corrected chi connectivity index (χ3v) is 6.62. The molecule has 1 aliphatic heterocycles. The average molecular weight is 530 g/mol. The molecule has 202 valence electrons. The van der Waals surface area contributed by atoms with Gasteiger partial charge in [-0.25, -0.2) is 4.39 Å². The molecule has 1 aliphatic rings. The van der Waals surface area contributed by atoms with E-state index in [2.05, 4.69) is 5.32 Å². The Bertz CT molecular complexity index is 1310. The van der Waals surface area contributed by atoms with Crippen LogP contribution >= 0.6 is 0 Å². The fraction of sp³-hybridized carbons (Fsp3) is 0.290. The third kappa shape index (κ3) is 6.76. The quantitative estimate of drug-likeness (QED) is 0.374. The molecule has 4 amide bonds. The van der Waals surface area contributed by atoms with Crippen LogP contribution < -0.4 is 5.32 Å². The highest BCUT2D eigenvalue weighted by Gasteiger charge is 2.35. The number of amides is 4. The van der Waals surface area contributed by atoms with Gasteiger partial charge in [-0.1, -0.05) is 54.6 Å². The van der Waals surface area contributed by atoms with Crippen LogP contribution in [-0.4, -0.2) is 52.1 Å². The summed E-state index contributed by atoms with van der Waals surface area (Å²) < 4.78 is 13.6. The molecule has 39 heavy (non-hydrogen) atoms.